The summed E-state index contributed by atoms with van der Waals surface area (Å²) in [6.45, 7) is 1.31. The molecule has 2 aromatic heterocycles. The first-order chi connectivity index (χ1) is 8.59. The summed E-state index contributed by atoms with van der Waals surface area (Å²) in [6, 6.07) is 0.745. The largest absolute Gasteiger partial charge is 0.434 e. The number of aryl methyl sites for hydroxylation is 1. The van der Waals surface area contributed by atoms with E-state index in [4.69, 9.17) is 0 Å². The third kappa shape index (κ3) is 2.72. The second kappa shape index (κ2) is 4.22. The van der Waals surface area contributed by atoms with Gasteiger partial charge in [-0.05, 0) is 13.0 Å². The summed E-state index contributed by atoms with van der Waals surface area (Å²) in [5, 5.41) is 3.69. The zero-order valence-corrected chi connectivity index (χ0v) is 9.99. The average molecular weight is 301 g/mol. The standard InChI is InChI=1S/C9H5F6N3S/c1-4-2-6(9(13,14)15)18(17-4)7-16-5(3-19-7)8(10,11)12/h2-3H,1H3. The maximum absolute atomic E-state index is 12.7. The van der Waals surface area contributed by atoms with E-state index in [-0.39, 0.29) is 5.69 Å². The Hall–Kier alpha value is -1.58. The monoisotopic (exact) mass is 301 g/mol. The van der Waals surface area contributed by atoms with Crippen LogP contribution in [0.25, 0.3) is 5.13 Å². The Morgan fingerprint density at radius 3 is 2.21 bits per heavy atom. The smallest absolute Gasteiger partial charge is 0.214 e. The molecule has 0 spiro atoms. The topological polar surface area (TPSA) is 30.7 Å². The molecule has 10 heteroatoms. The molecule has 0 fully saturated rings. The molecule has 0 saturated heterocycles. The van der Waals surface area contributed by atoms with Crippen LogP contribution in [0.2, 0.25) is 0 Å². The van der Waals surface area contributed by atoms with Gasteiger partial charge < -0.3 is 0 Å². The van der Waals surface area contributed by atoms with Crippen LogP contribution in [0, 0.1) is 6.92 Å². The molecule has 0 aromatic carbocycles. The lowest BCUT2D eigenvalue weighted by molar-refractivity contribution is -0.142. The maximum Gasteiger partial charge on any atom is 0.434 e. The summed E-state index contributed by atoms with van der Waals surface area (Å²) in [5.74, 6) is 0. The molecule has 2 heterocycles. The molecule has 2 aromatic rings. The van der Waals surface area contributed by atoms with Crippen molar-refractivity contribution in [2.75, 3.05) is 0 Å². The maximum atomic E-state index is 12.7. The van der Waals surface area contributed by atoms with E-state index < -0.39 is 28.9 Å². The minimum absolute atomic E-state index is 0.0380. The number of nitrogens with zero attached hydrogens (tertiary/aromatic N) is 3. The summed E-state index contributed by atoms with van der Waals surface area (Å²) in [5.41, 5.74) is -2.36. The van der Waals surface area contributed by atoms with E-state index in [1.807, 2.05) is 0 Å². The lowest BCUT2D eigenvalue weighted by Crippen LogP contribution is -2.13. The summed E-state index contributed by atoms with van der Waals surface area (Å²) < 4.78 is 75.5. The van der Waals surface area contributed by atoms with Crippen molar-refractivity contribution < 1.29 is 26.3 Å². The fourth-order valence-corrected chi connectivity index (χ4v) is 2.13. The Labute approximate surface area is 106 Å². The van der Waals surface area contributed by atoms with Gasteiger partial charge in [0.2, 0.25) is 5.13 Å². The Morgan fingerprint density at radius 2 is 1.74 bits per heavy atom. The first-order valence-electron chi connectivity index (χ1n) is 4.76. The Morgan fingerprint density at radius 1 is 1.11 bits per heavy atom. The van der Waals surface area contributed by atoms with Gasteiger partial charge in [-0.3, -0.25) is 0 Å². The summed E-state index contributed by atoms with van der Waals surface area (Å²) in [6.07, 6.45) is -9.42. The van der Waals surface area contributed by atoms with Crippen LogP contribution in [-0.4, -0.2) is 14.8 Å². The van der Waals surface area contributed by atoms with E-state index in [2.05, 4.69) is 10.1 Å². The van der Waals surface area contributed by atoms with Crippen molar-refractivity contribution in [3.8, 4) is 5.13 Å². The van der Waals surface area contributed by atoms with Crippen molar-refractivity contribution in [1.29, 1.82) is 0 Å². The number of hydrogen-bond acceptors (Lipinski definition) is 3. The van der Waals surface area contributed by atoms with E-state index in [0.29, 0.717) is 21.4 Å². The minimum Gasteiger partial charge on any atom is -0.214 e. The van der Waals surface area contributed by atoms with Crippen LogP contribution >= 0.6 is 11.3 Å². The minimum atomic E-state index is -4.72. The SMILES string of the molecule is Cc1cc(C(F)(F)F)n(-c2nc(C(F)(F)F)cs2)n1. The molecule has 0 bridgehead atoms. The summed E-state index contributed by atoms with van der Waals surface area (Å²) in [7, 11) is 0. The number of halogens is 6. The van der Waals surface area contributed by atoms with Gasteiger partial charge in [0.1, 0.15) is 0 Å². The van der Waals surface area contributed by atoms with Gasteiger partial charge in [0.15, 0.2) is 11.4 Å². The molecule has 0 radical (unpaired) electrons. The second-order valence-electron chi connectivity index (χ2n) is 3.59. The number of rotatable bonds is 1. The molecule has 2 rings (SSSR count). The highest BCUT2D eigenvalue weighted by Crippen LogP contribution is 2.34. The molecular weight excluding hydrogens is 296 g/mol. The first kappa shape index (κ1) is 13.8. The van der Waals surface area contributed by atoms with Gasteiger partial charge in [-0.25, -0.2) is 9.67 Å². The van der Waals surface area contributed by atoms with Crippen molar-refractivity contribution in [2.24, 2.45) is 0 Å². The highest BCUT2D eigenvalue weighted by molar-refractivity contribution is 7.12. The quantitative estimate of drug-likeness (QED) is 0.752. The normalized spacial score (nSPS) is 13.0. The van der Waals surface area contributed by atoms with Crippen molar-refractivity contribution in [1.82, 2.24) is 14.8 Å². The molecule has 104 valence electrons. The van der Waals surface area contributed by atoms with Gasteiger partial charge in [0.05, 0.1) is 5.69 Å². The van der Waals surface area contributed by atoms with Gasteiger partial charge in [-0.15, -0.1) is 11.3 Å². The number of thiazole rings is 1. The summed E-state index contributed by atoms with van der Waals surface area (Å²) >= 11 is 0.442. The lowest BCUT2D eigenvalue weighted by Gasteiger charge is -2.07. The number of hydrogen-bond donors (Lipinski definition) is 0. The molecule has 0 atom stereocenters. The second-order valence-corrected chi connectivity index (χ2v) is 4.43. The van der Waals surface area contributed by atoms with Crippen LogP contribution in [0.5, 0.6) is 0 Å². The van der Waals surface area contributed by atoms with Crippen LogP contribution in [0.15, 0.2) is 11.4 Å². The Balaban J connectivity index is 2.51. The van der Waals surface area contributed by atoms with Crippen molar-refractivity contribution >= 4 is 11.3 Å². The summed E-state index contributed by atoms with van der Waals surface area (Å²) in [4.78, 5) is 3.13. The zero-order chi connectivity index (χ0) is 14.4. The van der Waals surface area contributed by atoms with Crippen molar-refractivity contribution in [3.63, 3.8) is 0 Å². The predicted molar refractivity (Wildman–Crippen MR) is 54.0 cm³/mol. The average Bonchev–Trinajstić information content (AvgIpc) is 2.79. The van der Waals surface area contributed by atoms with Crippen LogP contribution in [-0.2, 0) is 12.4 Å². The molecule has 0 amide bonds. The molecule has 0 N–H and O–H groups in total. The number of aromatic nitrogens is 3. The zero-order valence-electron chi connectivity index (χ0n) is 9.17. The fourth-order valence-electron chi connectivity index (χ4n) is 1.34. The van der Waals surface area contributed by atoms with E-state index in [0.717, 1.165) is 6.07 Å². The molecule has 0 unspecified atom stereocenters. The predicted octanol–water partition coefficient (Wildman–Crippen LogP) is 3.67. The third-order valence-electron chi connectivity index (χ3n) is 2.09. The van der Waals surface area contributed by atoms with Gasteiger partial charge in [0, 0.05) is 5.38 Å². The van der Waals surface area contributed by atoms with Crippen molar-refractivity contribution in [3.05, 3.63) is 28.5 Å². The molecule has 0 aliphatic carbocycles. The van der Waals surface area contributed by atoms with Gasteiger partial charge in [-0.1, -0.05) is 0 Å². The van der Waals surface area contributed by atoms with Crippen LogP contribution < -0.4 is 0 Å². The molecular formula is C9H5F6N3S. The Kier molecular flexibility index (Phi) is 3.07. The first-order valence-corrected chi connectivity index (χ1v) is 5.64. The van der Waals surface area contributed by atoms with E-state index in [1.165, 1.54) is 6.92 Å². The molecule has 0 aliphatic rings. The fraction of sp³-hybridized carbons (Fsp3) is 0.333. The van der Waals surface area contributed by atoms with Gasteiger partial charge in [0.25, 0.3) is 0 Å². The van der Waals surface area contributed by atoms with E-state index in [1.54, 1.807) is 0 Å². The highest BCUT2D eigenvalue weighted by atomic mass is 32.1. The Bertz CT molecular complexity index is 594. The van der Waals surface area contributed by atoms with Gasteiger partial charge in [-0.2, -0.15) is 31.4 Å². The van der Waals surface area contributed by atoms with E-state index in [9.17, 15) is 26.3 Å². The third-order valence-corrected chi connectivity index (χ3v) is 2.90. The van der Waals surface area contributed by atoms with Crippen molar-refractivity contribution in [2.45, 2.75) is 19.3 Å². The lowest BCUT2D eigenvalue weighted by atomic mass is 10.3. The molecule has 0 saturated carbocycles. The molecule has 0 aliphatic heterocycles. The highest BCUT2D eigenvalue weighted by Gasteiger charge is 2.38. The van der Waals surface area contributed by atoms with Crippen LogP contribution in [0.1, 0.15) is 17.1 Å². The molecule has 19 heavy (non-hydrogen) atoms. The number of alkyl halides is 6. The van der Waals surface area contributed by atoms with E-state index >= 15 is 0 Å². The molecule has 3 nitrogen and oxygen atoms in total. The van der Waals surface area contributed by atoms with Crippen LogP contribution in [0.4, 0.5) is 26.3 Å². The van der Waals surface area contributed by atoms with Crippen LogP contribution in [0.3, 0.4) is 0 Å². The van der Waals surface area contributed by atoms with Gasteiger partial charge >= 0.3 is 12.4 Å².